The zero-order chi connectivity index (χ0) is 13.5. The quantitative estimate of drug-likeness (QED) is 0.795. The number of piperidine rings is 1. The van der Waals surface area contributed by atoms with E-state index in [0.717, 1.165) is 44.5 Å². The molecular weight excluding hydrogens is 244 g/mol. The first kappa shape index (κ1) is 14.0. The number of nitrogens with one attached hydrogen (secondary N) is 1. The summed E-state index contributed by atoms with van der Waals surface area (Å²) in [7, 11) is 0. The van der Waals surface area contributed by atoms with Crippen LogP contribution >= 0.6 is 0 Å². The van der Waals surface area contributed by atoms with E-state index in [1.807, 2.05) is 4.90 Å². The van der Waals surface area contributed by atoms with Gasteiger partial charge in [0.15, 0.2) is 0 Å². The zero-order valence-corrected chi connectivity index (χ0v) is 11.5. The number of carbonyl (C=O) groups excluding carboxylic acids is 1. The Hall–Kier alpha value is -1.43. The number of ether oxygens (including phenoxy) is 1. The standard InChI is InChI=1S/C13H22N4O2/c1-2-3-8-19-9-12(18)17-7-5-4-6-11(17)13-14-10-15-16-13/h10-11H,2-9H2,1H3,(H,14,15,16). The Labute approximate surface area is 113 Å². The fourth-order valence-corrected chi connectivity index (χ4v) is 2.38. The van der Waals surface area contributed by atoms with Crippen LogP contribution in [0.25, 0.3) is 0 Å². The van der Waals surface area contributed by atoms with E-state index in [1.54, 1.807) is 0 Å². The Bertz CT molecular complexity index is 380. The van der Waals surface area contributed by atoms with Gasteiger partial charge >= 0.3 is 0 Å². The first-order chi connectivity index (χ1) is 9.33. The number of hydrogen-bond acceptors (Lipinski definition) is 4. The Morgan fingerprint density at radius 1 is 1.58 bits per heavy atom. The van der Waals surface area contributed by atoms with Gasteiger partial charge in [0, 0.05) is 13.2 Å². The summed E-state index contributed by atoms with van der Waals surface area (Å²) < 4.78 is 5.42. The molecule has 6 nitrogen and oxygen atoms in total. The molecule has 1 aromatic rings. The molecule has 1 fully saturated rings. The molecule has 1 aliphatic heterocycles. The van der Waals surface area contributed by atoms with Gasteiger partial charge in [-0.3, -0.25) is 9.89 Å². The molecule has 1 aliphatic rings. The molecule has 0 aromatic carbocycles. The monoisotopic (exact) mass is 266 g/mol. The summed E-state index contributed by atoms with van der Waals surface area (Å²) in [5, 5.41) is 6.74. The van der Waals surface area contributed by atoms with Crippen LogP contribution in [0.15, 0.2) is 6.33 Å². The molecule has 1 unspecified atom stereocenters. The van der Waals surface area contributed by atoms with Crippen molar-refractivity contribution in [2.24, 2.45) is 0 Å². The molecule has 0 saturated carbocycles. The van der Waals surface area contributed by atoms with Gasteiger partial charge in [-0.1, -0.05) is 13.3 Å². The van der Waals surface area contributed by atoms with Crippen molar-refractivity contribution in [1.29, 1.82) is 0 Å². The van der Waals surface area contributed by atoms with E-state index >= 15 is 0 Å². The molecule has 0 spiro atoms. The minimum absolute atomic E-state index is 0.0264. The van der Waals surface area contributed by atoms with Crippen LogP contribution < -0.4 is 0 Å². The van der Waals surface area contributed by atoms with E-state index in [0.29, 0.717) is 6.61 Å². The summed E-state index contributed by atoms with van der Waals surface area (Å²) in [5.41, 5.74) is 0. The maximum Gasteiger partial charge on any atom is 0.249 e. The van der Waals surface area contributed by atoms with E-state index < -0.39 is 0 Å². The second-order valence-corrected chi connectivity index (χ2v) is 4.88. The van der Waals surface area contributed by atoms with Crippen LogP contribution in [-0.4, -0.2) is 45.7 Å². The maximum atomic E-state index is 12.2. The third-order valence-electron chi connectivity index (χ3n) is 3.44. The predicted molar refractivity (Wildman–Crippen MR) is 70.4 cm³/mol. The van der Waals surface area contributed by atoms with Gasteiger partial charge in [0.25, 0.3) is 0 Å². The molecule has 1 saturated heterocycles. The summed E-state index contributed by atoms with van der Waals surface area (Å²) in [6.45, 7) is 3.71. The number of H-pyrrole nitrogens is 1. The van der Waals surface area contributed by atoms with Gasteiger partial charge in [-0.2, -0.15) is 5.10 Å². The topological polar surface area (TPSA) is 71.1 Å². The van der Waals surface area contributed by atoms with Crippen LogP contribution in [0.5, 0.6) is 0 Å². The molecule has 19 heavy (non-hydrogen) atoms. The molecule has 1 atom stereocenters. The van der Waals surface area contributed by atoms with E-state index in [-0.39, 0.29) is 18.6 Å². The Kier molecular flexibility index (Phi) is 5.32. The summed E-state index contributed by atoms with van der Waals surface area (Å²) in [6, 6.07) is 0.0264. The van der Waals surface area contributed by atoms with Crippen LogP contribution in [0, 0.1) is 0 Å². The number of aromatic nitrogens is 3. The smallest absolute Gasteiger partial charge is 0.249 e. The number of nitrogens with zero attached hydrogens (tertiary/aromatic N) is 3. The SMILES string of the molecule is CCCCOCC(=O)N1CCCCC1c1ncn[nH]1. The van der Waals surface area contributed by atoms with Crippen molar-refractivity contribution in [3.8, 4) is 0 Å². The molecule has 106 valence electrons. The number of likely N-dealkylation sites (tertiary alicyclic amines) is 1. The van der Waals surface area contributed by atoms with Gasteiger partial charge in [0.2, 0.25) is 5.91 Å². The Morgan fingerprint density at radius 2 is 2.47 bits per heavy atom. The minimum Gasteiger partial charge on any atom is -0.372 e. The lowest BCUT2D eigenvalue weighted by Crippen LogP contribution is -2.41. The lowest BCUT2D eigenvalue weighted by atomic mass is 10.0. The van der Waals surface area contributed by atoms with Crippen molar-refractivity contribution >= 4 is 5.91 Å². The van der Waals surface area contributed by atoms with Gasteiger partial charge in [-0.05, 0) is 25.7 Å². The first-order valence-corrected chi connectivity index (χ1v) is 7.05. The second kappa shape index (κ2) is 7.23. The molecule has 0 radical (unpaired) electrons. The average molecular weight is 266 g/mol. The molecule has 1 amide bonds. The lowest BCUT2D eigenvalue weighted by Gasteiger charge is -2.34. The molecular formula is C13H22N4O2. The van der Waals surface area contributed by atoms with Crippen LogP contribution in [-0.2, 0) is 9.53 Å². The van der Waals surface area contributed by atoms with Crippen LogP contribution in [0.1, 0.15) is 50.9 Å². The van der Waals surface area contributed by atoms with Crippen molar-refractivity contribution in [3.05, 3.63) is 12.2 Å². The third-order valence-corrected chi connectivity index (χ3v) is 3.44. The van der Waals surface area contributed by atoms with Gasteiger partial charge in [0.05, 0.1) is 6.04 Å². The highest BCUT2D eigenvalue weighted by Gasteiger charge is 2.29. The van der Waals surface area contributed by atoms with Crippen molar-refractivity contribution < 1.29 is 9.53 Å². The zero-order valence-electron chi connectivity index (χ0n) is 11.5. The summed E-state index contributed by atoms with van der Waals surface area (Å²) in [6.07, 6.45) is 6.68. The van der Waals surface area contributed by atoms with Gasteiger partial charge < -0.3 is 9.64 Å². The fraction of sp³-hybridized carbons (Fsp3) is 0.769. The van der Waals surface area contributed by atoms with E-state index in [1.165, 1.54) is 6.33 Å². The Balaban J connectivity index is 1.90. The molecule has 1 N–H and O–H groups in total. The van der Waals surface area contributed by atoms with Crippen LogP contribution in [0.3, 0.4) is 0 Å². The van der Waals surface area contributed by atoms with E-state index in [9.17, 15) is 4.79 Å². The highest BCUT2D eigenvalue weighted by Crippen LogP contribution is 2.28. The van der Waals surface area contributed by atoms with Crippen molar-refractivity contribution in [1.82, 2.24) is 20.1 Å². The Morgan fingerprint density at radius 3 is 3.21 bits per heavy atom. The molecule has 6 heteroatoms. The normalized spacial score (nSPS) is 19.6. The number of rotatable bonds is 6. The number of amides is 1. The highest BCUT2D eigenvalue weighted by molar-refractivity contribution is 5.78. The molecule has 0 bridgehead atoms. The third kappa shape index (κ3) is 3.76. The largest absolute Gasteiger partial charge is 0.372 e. The molecule has 0 aliphatic carbocycles. The summed E-state index contributed by atoms with van der Waals surface area (Å²) in [5.74, 6) is 0.832. The lowest BCUT2D eigenvalue weighted by molar-refractivity contribution is -0.140. The molecule has 2 rings (SSSR count). The van der Waals surface area contributed by atoms with Crippen molar-refractivity contribution in [2.75, 3.05) is 19.8 Å². The molecule has 2 heterocycles. The van der Waals surface area contributed by atoms with E-state index in [4.69, 9.17) is 4.74 Å². The van der Waals surface area contributed by atoms with E-state index in [2.05, 4.69) is 22.1 Å². The maximum absolute atomic E-state index is 12.2. The summed E-state index contributed by atoms with van der Waals surface area (Å²) >= 11 is 0. The van der Waals surface area contributed by atoms with Crippen molar-refractivity contribution in [3.63, 3.8) is 0 Å². The number of aromatic amines is 1. The van der Waals surface area contributed by atoms with Gasteiger partial charge in [0.1, 0.15) is 18.8 Å². The average Bonchev–Trinajstić information content (AvgIpc) is 2.97. The predicted octanol–water partition coefficient (Wildman–Crippen LogP) is 1.67. The van der Waals surface area contributed by atoms with Crippen LogP contribution in [0.2, 0.25) is 0 Å². The number of unbranched alkanes of at least 4 members (excludes halogenated alkanes) is 1. The molecule has 1 aromatic heterocycles. The number of hydrogen-bond donors (Lipinski definition) is 1. The fourth-order valence-electron chi connectivity index (χ4n) is 2.38. The second-order valence-electron chi connectivity index (χ2n) is 4.88. The first-order valence-electron chi connectivity index (χ1n) is 7.05. The van der Waals surface area contributed by atoms with Gasteiger partial charge in [-0.25, -0.2) is 4.98 Å². The number of carbonyl (C=O) groups is 1. The van der Waals surface area contributed by atoms with Gasteiger partial charge in [-0.15, -0.1) is 0 Å². The van der Waals surface area contributed by atoms with Crippen molar-refractivity contribution in [2.45, 2.75) is 45.1 Å². The minimum atomic E-state index is 0.0264. The van der Waals surface area contributed by atoms with Crippen LogP contribution in [0.4, 0.5) is 0 Å². The highest BCUT2D eigenvalue weighted by atomic mass is 16.5. The summed E-state index contributed by atoms with van der Waals surface area (Å²) in [4.78, 5) is 18.3.